The average Bonchev–Trinajstić information content (AvgIpc) is 2.44. The molecule has 1 unspecified atom stereocenters. The number of nitrogens with zero attached hydrogens (tertiary/aromatic N) is 2. The van der Waals surface area contributed by atoms with Crippen molar-refractivity contribution in [2.24, 2.45) is 0 Å². The topological polar surface area (TPSA) is 64.1 Å². The van der Waals surface area contributed by atoms with Gasteiger partial charge in [-0.25, -0.2) is 9.97 Å². The summed E-state index contributed by atoms with van der Waals surface area (Å²) in [6.45, 7) is 4.10. The monoisotopic (exact) mass is 283 g/mol. The zero-order valence-corrected chi connectivity index (χ0v) is 12.5. The van der Waals surface area contributed by atoms with Crippen LogP contribution in [0.2, 0.25) is 0 Å². The fraction of sp³-hybridized carbons (Fsp3) is 0.615. The van der Waals surface area contributed by atoms with Crippen molar-refractivity contribution < 1.29 is 9.53 Å². The van der Waals surface area contributed by atoms with Crippen LogP contribution in [0.15, 0.2) is 23.6 Å². The Bertz CT molecular complexity index is 389. The van der Waals surface area contributed by atoms with Crippen molar-refractivity contribution in [3.63, 3.8) is 0 Å². The highest BCUT2D eigenvalue weighted by atomic mass is 32.2. The van der Waals surface area contributed by atoms with Crippen molar-refractivity contribution >= 4 is 17.7 Å². The summed E-state index contributed by atoms with van der Waals surface area (Å²) in [5, 5.41) is 4.01. The zero-order chi connectivity index (χ0) is 14.1. The lowest BCUT2D eigenvalue weighted by Gasteiger charge is -2.26. The molecule has 5 nitrogen and oxygen atoms in total. The van der Waals surface area contributed by atoms with Gasteiger partial charge in [0.25, 0.3) is 0 Å². The van der Waals surface area contributed by atoms with Crippen molar-refractivity contribution in [2.45, 2.75) is 37.3 Å². The number of hydrogen-bond acceptors (Lipinski definition) is 6. The van der Waals surface area contributed by atoms with Gasteiger partial charge in [0.05, 0.1) is 11.6 Å². The van der Waals surface area contributed by atoms with E-state index < -0.39 is 5.54 Å². The first kappa shape index (κ1) is 15.9. The van der Waals surface area contributed by atoms with Crippen LogP contribution < -0.4 is 5.32 Å². The van der Waals surface area contributed by atoms with Gasteiger partial charge in [-0.3, -0.25) is 4.79 Å². The maximum atomic E-state index is 11.8. The molecular formula is C13H21N3O2S. The number of aromatic nitrogens is 2. The van der Waals surface area contributed by atoms with Gasteiger partial charge < -0.3 is 10.1 Å². The van der Waals surface area contributed by atoms with Gasteiger partial charge in [-0.2, -0.15) is 0 Å². The largest absolute Gasteiger partial charge is 0.465 e. The Morgan fingerprint density at radius 1 is 1.58 bits per heavy atom. The van der Waals surface area contributed by atoms with Crippen molar-refractivity contribution in [1.82, 2.24) is 15.3 Å². The lowest BCUT2D eigenvalue weighted by Crippen LogP contribution is -2.48. The molecule has 0 aliphatic heterocycles. The van der Waals surface area contributed by atoms with Crippen LogP contribution in [0.25, 0.3) is 0 Å². The summed E-state index contributed by atoms with van der Waals surface area (Å²) in [5.41, 5.74) is -0.609. The Morgan fingerprint density at radius 3 is 2.95 bits per heavy atom. The zero-order valence-electron chi connectivity index (χ0n) is 11.7. The van der Waals surface area contributed by atoms with E-state index in [1.165, 1.54) is 0 Å². The van der Waals surface area contributed by atoms with E-state index in [0.717, 1.165) is 23.6 Å². The molecular weight excluding hydrogens is 262 g/mol. The number of carbonyl (C=O) groups is 1. The van der Waals surface area contributed by atoms with E-state index in [4.69, 9.17) is 4.74 Å². The smallest absolute Gasteiger partial charge is 0.326 e. The normalized spacial score (nSPS) is 13.8. The molecule has 106 valence electrons. The number of nitrogens with one attached hydrogen (secondary N) is 1. The fourth-order valence-electron chi connectivity index (χ4n) is 1.59. The van der Waals surface area contributed by atoms with Gasteiger partial charge >= 0.3 is 5.97 Å². The van der Waals surface area contributed by atoms with E-state index in [1.54, 1.807) is 31.3 Å². The number of ether oxygens (including phenoxy) is 1. The van der Waals surface area contributed by atoms with Gasteiger partial charge in [0, 0.05) is 6.20 Å². The molecule has 1 heterocycles. The second kappa shape index (κ2) is 8.12. The fourth-order valence-corrected chi connectivity index (χ4v) is 2.36. The minimum atomic E-state index is -0.609. The Morgan fingerprint density at radius 2 is 2.37 bits per heavy atom. The van der Waals surface area contributed by atoms with Crippen LogP contribution in [0.4, 0.5) is 0 Å². The van der Waals surface area contributed by atoms with Crippen molar-refractivity contribution in [3.8, 4) is 0 Å². The third-order valence-electron chi connectivity index (χ3n) is 2.90. The molecule has 1 N–H and O–H groups in total. The van der Waals surface area contributed by atoms with Crippen LogP contribution in [0.1, 0.15) is 26.7 Å². The number of thioether (sulfide) groups is 1. The SMILES string of the molecule is CCOC(=O)C(C)(CCCSc1ccncn1)NC. The molecule has 0 aromatic carbocycles. The van der Waals surface area contributed by atoms with Crippen LogP contribution in [-0.4, -0.2) is 40.9 Å². The summed E-state index contributed by atoms with van der Waals surface area (Å²) in [7, 11) is 1.79. The third kappa shape index (κ3) is 5.16. The Balaban J connectivity index is 2.35. The first-order chi connectivity index (χ1) is 9.12. The van der Waals surface area contributed by atoms with Crippen molar-refractivity contribution in [2.75, 3.05) is 19.4 Å². The summed E-state index contributed by atoms with van der Waals surface area (Å²) in [6.07, 6.45) is 4.91. The quantitative estimate of drug-likeness (QED) is 0.340. The second-order valence-corrected chi connectivity index (χ2v) is 5.42. The number of carbonyl (C=O) groups excluding carboxylic acids is 1. The lowest BCUT2D eigenvalue weighted by atomic mass is 9.97. The van der Waals surface area contributed by atoms with E-state index in [-0.39, 0.29) is 5.97 Å². The molecule has 1 rings (SSSR count). The third-order valence-corrected chi connectivity index (χ3v) is 3.93. The van der Waals surface area contributed by atoms with Crippen LogP contribution >= 0.6 is 11.8 Å². The molecule has 0 bridgehead atoms. The van der Waals surface area contributed by atoms with Gasteiger partial charge in [-0.05, 0) is 45.6 Å². The molecule has 1 aromatic heterocycles. The maximum Gasteiger partial charge on any atom is 0.326 e. The molecule has 0 radical (unpaired) electrons. The van der Waals surface area contributed by atoms with Gasteiger partial charge in [-0.1, -0.05) is 0 Å². The number of hydrogen-bond donors (Lipinski definition) is 1. The van der Waals surface area contributed by atoms with Crippen LogP contribution in [-0.2, 0) is 9.53 Å². The average molecular weight is 283 g/mol. The van der Waals surface area contributed by atoms with Crippen molar-refractivity contribution in [3.05, 3.63) is 18.6 Å². The van der Waals surface area contributed by atoms with Crippen LogP contribution in [0.5, 0.6) is 0 Å². The minimum absolute atomic E-state index is 0.190. The molecule has 0 fully saturated rings. The summed E-state index contributed by atoms with van der Waals surface area (Å²) in [6, 6.07) is 1.88. The number of likely N-dealkylation sites (N-methyl/N-ethyl adjacent to an activating group) is 1. The van der Waals surface area contributed by atoms with Crippen LogP contribution in [0.3, 0.4) is 0 Å². The minimum Gasteiger partial charge on any atom is -0.465 e. The van der Waals surface area contributed by atoms with Gasteiger partial charge in [0.15, 0.2) is 0 Å². The summed E-state index contributed by atoms with van der Waals surface area (Å²) >= 11 is 1.67. The van der Waals surface area contributed by atoms with E-state index in [1.807, 2.05) is 19.9 Å². The molecule has 6 heteroatoms. The van der Waals surface area contributed by atoms with Gasteiger partial charge in [-0.15, -0.1) is 11.8 Å². The highest BCUT2D eigenvalue weighted by Crippen LogP contribution is 2.20. The van der Waals surface area contributed by atoms with Crippen molar-refractivity contribution in [1.29, 1.82) is 0 Å². The first-order valence-corrected chi connectivity index (χ1v) is 7.36. The standard InChI is InChI=1S/C13H21N3O2S/c1-4-18-12(17)13(2,14-3)7-5-9-19-11-6-8-15-10-16-11/h6,8,10,14H,4-5,7,9H2,1-3H3. The second-order valence-electron chi connectivity index (χ2n) is 4.30. The molecule has 0 aliphatic carbocycles. The summed E-state index contributed by atoms with van der Waals surface area (Å²) in [4.78, 5) is 19.9. The molecule has 0 amide bonds. The first-order valence-electron chi connectivity index (χ1n) is 6.37. The van der Waals surface area contributed by atoms with Gasteiger partial charge in [0.1, 0.15) is 11.9 Å². The van der Waals surface area contributed by atoms with E-state index in [9.17, 15) is 4.79 Å². The predicted molar refractivity (Wildman–Crippen MR) is 76.1 cm³/mol. The molecule has 0 aliphatic rings. The molecule has 1 aromatic rings. The highest BCUT2D eigenvalue weighted by molar-refractivity contribution is 7.99. The summed E-state index contributed by atoms with van der Waals surface area (Å²) in [5.74, 6) is 0.720. The molecule has 0 spiro atoms. The highest BCUT2D eigenvalue weighted by Gasteiger charge is 2.32. The maximum absolute atomic E-state index is 11.8. The van der Waals surface area contributed by atoms with Gasteiger partial charge in [0.2, 0.25) is 0 Å². The molecule has 0 saturated heterocycles. The molecule has 0 saturated carbocycles. The lowest BCUT2D eigenvalue weighted by molar-refractivity contribution is -0.150. The molecule has 19 heavy (non-hydrogen) atoms. The number of rotatable bonds is 8. The van der Waals surface area contributed by atoms with E-state index in [0.29, 0.717) is 6.61 Å². The predicted octanol–water partition coefficient (Wildman–Crippen LogP) is 1.89. The van der Waals surface area contributed by atoms with Crippen LogP contribution in [0, 0.1) is 0 Å². The Hall–Kier alpha value is -1.14. The Kier molecular flexibility index (Phi) is 6.80. The van der Waals surface area contributed by atoms with E-state index in [2.05, 4.69) is 15.3 Å². The molecule has 1 atom stereocenters. The van der Waals surface area contributed by atoms with E-state index >= 15 is 0 Å². The number of esters is 1. The summed E-state index contributed by atoms with van der Waals surface area (Å²) < 4.78 is 5.08. The Labute approximate surface area is 118 Å².